The molecule has 1 fully saturated rings. The lowest BCUT2D eigenvalue weighted by atomic mass is 9.96. The molecule has 2 aromatic rings. The van der Waals surface area contributed by atoms with Crippen molar-refractivity contribution >= 4 is 34.9 Å². The average Bonchev–Trinajstić information content (AvgIpc) is 2.89. The first-order valence-electron chi connectivity index (χ1n) is 9.07. The van der Waals surface area contributed by atoms with Crippen molar-refractivity contribution in [1.82, 2.24) is 4.57 Å². The van der Waals surface area contributed by atoms with Gasteiger partial charge in [0.15, 0.2) is 0 Å². The third kappa shape index (κ3) is 4.37. The number of ketones is 1. The van der Waals surface area contributed by atoms with Crippen molar-refractivity contribution in [2.75, 3.05) is 19.6 Å². The number of primary amides is 1. The molecule has 7 heteroatoms. The molecule has 0 atom stereocenters. The highest BCUT2D eigenvalue weighted by Crippen LogP contribution is 2.26. The van der Waals surface area contributed by atoms with Crippen LogP contribution in [0.15, 0.2) is 24.3 Å². The number of aryl methyl sites for hydroxylation is 1. The summed E-state index contributed by atoms with van der Waals surface area (Å²) in [5, 5.41) is 1.11. The van der Waals surface area contributed by atoms with E-state index in [9.17, 15) is 9.59 Å². The summed E-state index contributed by atoms with van der Waals surface area (Å²) in [6.45, 7) is 5.91. The topological polar surface area (TPSA) is 69.5 Å². The summed E-state index contributed by atoms with van der Waals surface area (Å²) >= 11 is 12.3. The molecule has 0 aliphatic carbocycles. The number of carbonyl (C=O) groups is 2. The van der Waals surface area contributed by atoms with Crippen LogP contribution in [-0.2, 0) is 4.79 Å². The Kier molecular flexibility index (Phi) is 5.94. The van der Waals surface area contributed by atoms with Gasteiger partial charge in [-0.25, -0.2) is 0 Å². The lowest BCUT2D eigenvalue weighted by Gasteiger charge is -2.27. The van der Waals surface area contributed by atoms with Gasteiger partial charge in [-0.1, -0.05) is 23.2 Å². The number of carbonyl (C=O) groups excluding carboxylic acids is 2. The number of Topliss-reactive ketones (excluding diaryl/α,β-unsaturated/α-hetero) is 1. The first-order valence-corrected chi connectivity index (χ1v) is 9.83. The minimum Gasteiger partial charge on any atom is -0.369 e. The molecule has 1 aromatic carbocycles. The molecule has 0 saturated carbocycles. The maximum atomic E-state index is 12.9. The largest absolute Gasteiger partial charge is 0.369 e. The molecule has 2 heterocycles. The first kappa shape index (κ1) is 19.9. The number of nitrogens with one attached hydrogen (secondary N) is 1. The van der Waals surface area contributed by atoms with Crippen molar-refractivity contribution in [3.8, 4) is 5.69 Å². The number of halogens is 2. The summed E-state index contributed by atoms with van der Waals surface area (Å²) < 4.78 is 2.00. The van der Waals surface area contributed by atoms with E-state index in [0.29, 0.717) is 22.2 Å². The Bertz CT molecular complexity index is 863. The molecule has 0 bridgehead atoms. The summed E-state index contributed by atoms with van der Waals surface area (Å²) in [7, 11) is 0. The Morgan fingerprint density at radius 2 is 1.70 bits per heavy atom. The number of likely N-dealkylation sites (tertiary alicyclic amines) is 1. The lowest BCUT2D eigenvalue weighted by Crippen LogP contribution is -3.14. The van der Waals surface area contributed by atoms with Crippen LogP contribution in [-0.4, -0.2) is 35.9 Å². The Morgan fingerprint density at radius 3 is 2.26 bits per heavy atom. The van der Waals surface area contributed by atoms with Gasteiger partial charge in [-0.15, -0.1) is 0 Å². The minimum absolute atomic E-state index is 0.0542. The van der Waals surface area contributed by atoms with Crippen LogP contribution < -0.4 is 10.6 Å². The van der Waals surface area contributed by atoms with E-state index in [1.807, 2.05) is 36.6 Å². The number of rotatable bonds is 5. The second kappa shape index (κ2) is 8.05. The molecule has 1 aliphatic rings. The Labute approximate surface area is 169 Å². The third-order valence-electron chi connectivity index (χ3n) is 5.34. The highest BCUT2D eigenvalue weighted by Gasteiger charge is 2.28. The zero-order valence-corrected chi connectivity index (χ0v) is 17.0. The van der Waals surface area contributed by atoms with Crippen molar-refractivity contribution in [2.24, 2.45) is 11.7 Å². The van der Waals surface area contributed by atoms with Crippen molar-refractivity contribution in [3.05, 3.63) is 51.3 Å². The number of benzene rings is 1. The molecule has 0 unspecified atom stereocenters. The first-order chi connectivity index (χ1) is 12.8. The fourth-order valence-electron chi connectivity index (χ4n) is 3.92. The standard InChI is InChI=1S/C20H23Cl2N3O2/c1-12-7-18(13(2)25(12)17-9-15(21)8-16(22)10-17)19(26)11-24-5-3-14(4-6-24)20(23)27/h7-10,14H,3-6,11H2,1-2H3,(H2,23,27)/p+1. The maximum absolute atomic E-state index is 12.9. The normalized spacial score (nSPS) is 19.9. The summed E-state index contributed by atoms with van der Waals surface area (Å²) in [6.07, 6.45) is 1.50. The molecule has 3 N–H and O–H groups in total. The second-order valence-electron chi connectivity index (χ2n) is 7.27. The second-order valence-corrected chi connectivity index (χ2v) is 8.15. The molecule has 1 aliphatic heterocycles. The van der Waals surface area contributed by atoms with Gasteiger partial charge in [-0.3, -0.25) is 9.59 Å². The van der Waals surface area contributed by atoms with Crippen LogP contribution in [0.3, 0.4) is 0 Å². The van der Waals surface area contributed by atoms with Crippen molar-refractivity contribution < 1.29 is 14.5 Å². The number of nitrogens with two attached hydrogens (primary N) is 1. The van der Waals surface area contributed by atoms with Crippen LogP contribution in [0.25, 0.3) is 5.69 Å². The van der Waals surface area contributed by atoms with E-state index >= 15 is 0 Å². The van der Waals surface area contributed by atoms with Gasteiger partial charge in [0.2, 0.25) is 11.7 Å². The van der Waals surface area contributed by atoms with Gasteiger partial charge >= 0.3 is 0 Å². The molecular formula is C20H24Cl2N3O2+. The highest BCUT2D eigenvalue weighted by atomic mass is 35.5. The molecule has 1 amide bonds. The molecule has 3 rings (SSSR count). The van der Waals surface area contributed by atoms with E-state index in [-0.39, 0.29) is 17.6 Å². The van der Waals surface area contributed by atoms with E-state index < -0.39 is 0 Å². The molecule has 1 aromatic heterocycles. The number of hydrogen-bond acceptors (Lipinski definition) is 2. The molecule has 0 spiro atoms. The van der Waals surface area contributed by atoms with Gasteiger partial charge in [0.05, 0.1) is 13.1 Å². The van der Waals surface area contributed by atoms with Gasteiger partial charge < -0.3 is 15.2 Å². The number of nitrogens with zero attached hydrogens (tertiary/aromatic N) is 1. The van der Waals surface area contributed by atoms with Gasteiger partial charge in [0.25, 0.3) is 0 Å². The van der Waals surface area contributed by atoms with Crippen molar-refractivity contribution in [2.45, 2.75) is 26.7 Å². The fraction of sp³-hybridized carbons (Fsp3) is 0.400. The number of hydrogen-bond donors (Lipinski definition) is 2. The average molecular weight is 409 g/mol. The number of aromatic nitrogens is 1. The summed E-state index contributed by atoms with van der Waals surface area (Å²) in [5.41, 5.74) is 8.78. The quantitative estimate of drug-likeness (QED) is 0.745. The zero-order valence-electron chi connectivity index (χ0n) is 15.5. The third-order valence-corrected chi connectivity index (χ3v) is 5.78. The summed E-state index contributed by atoms with van der Waals surface area (Å²) in [6, 6.07) is 7.27. The lowest BCUT2D eigenvalue weighted by molar-refractivity contribution is -0.897. The van der Waals surface area contributed by atoms with Crippen LogP contribution in [0.4, 0.5) is 0 Å². The van der Waals surface area contributed by atoms with Crippen molar-refractivity contribution in [3.63, 3.8) is 0 Å². The van der Waals surface area contributed by atoms with Gasteiger partial charge in [-0.05, 0) is 38.1 Å². The predicted molar refractivity (Wildman–Crippen MR) is 107 cm³/mol. The van der Waals surface area contributed by atoms with Crippen molar-refractivity contribution in [1.29, 1.82) is 0 Å². The van der Waals surface area contributed by atoms with E-state index in [1.54, 1.807) is 6.07 Å². The van der Waals surface area contributed by atoms with E-state index in [1.165, 1.54) is 4.90 Å². The zero-order chi connectivity index (χ0) is 19.7. The van der Waals surface area contributed by atoms with Crippen LogP contribution in [0.1, 0.15) is 34.6 Å². The number of quaternary nitrogens is 1. The molecule has 5 nitrogen and oxygen atoms in total. The van der Waals surface area contributed by atoms with E-state index in [0.717, 1.165) is 43.0 Å². The summed E-state index contributed by atoms with van der Waals surface area (Å²) in [5.74, 6) is -0.180. The fourth-order valence-corrected chi connectivity index (χ4v) is 4.43. The Morgan fingerprint density at radius 1 is 1.11 bits per heavy atom. The Hall–Kier alpha value is -1.82. The maximum Gasteiger partial charge on any atom is 0.220 e. The number of piperidine rings is 1. The van der Waals surface area contributed by atoms with Gasteiger partial charge in [0, 0.05) is 51.4 Å². The summed E-state index contributed by atoms with van der Waals surface area (Å²) in [4.78, 5) is 25.4. The van der Waals surface area contributed by atoms with Gasteiger partial charge in [0.1, 0.15) is 6.54 Å². The SMILES string of the molecule is Cc1cc(C(=O)C[NH+]2CCC(C(N)=O)CC2)c(C)n1-c1cc(Cl)cc(Cl)c1. The molecule has 0 radical (unpaired) electrons. The molecule has 144 valence electrons. The number of amides is 1. The molecule has 27 heavy (non-hydrogen) atoms. The smallest absolute Gasteiger partial charge is 0.220 e. The van der Waals surface area contributed by atoms with E-state index in [4.69, 9.17) is 28.9 Å². The highest BCUT2D eigenvalue weighted by molar-refractivity contribution is 6.34. The Balaban J connectivity index is 1.78. The molecule has 1 saturated heterocycles. The van der Waals surface area contributed by atoms with Crippen LogP contribution in [0.5, 0.6) is 0 Å². The minimum atomic E-state index is -0.232. The van der Waals surface area contributed by atoms with Crippen LogP contribution in [0, 0.1) is 19.8 Å². The van der Waals surface area contributed by atoms with Gasteiger partial charge in [-0.2, -0.15) is 0 Å². The molecular weight excluding hydrogens is 385 g/mol. The van der Waals surface area contributed by atoms with Crippen LogP contribution in [0.2, 0.25) is 10.0 Å². The monoisotopic (exact) mass is 408 g/mol. The van der Waals surface area contributed by atoms with E-state index in [2.05, 4.69) is 0 Å². The van der Waals surface area contributed by atoms with Crippen LogP contribution >= 0.6 is 23.2 Å². The predicted octanol–water partition coefficient (Wildman–Crippen LogP) is 2.36.